The highest BCUT2D eigenvalue weighted by molar-refractivity contribution is 6.50. The van der Waals surface area contributed by atoms with Gasteiger partial charge in [-0.15, -0.1) is 4.58 Å². The lowest BCUT2D eigenvalue weighted by atomic mass is 10.0. The lowest BCUT2D eigenvalue weighted by Crippen LogP contribution is -3.05. The van der Waals surface area contributed by atoms with Crippen molar-refractivity contribution < 1.29 is 26.7 Å². The van der Waals surface area contributed by atoms with Gasteiger partial charge in [0.1, 0.15) is 5.69 Å². The second kappa shape index (κ2) is 8.47. The average Bonchev–Trinajstić information content (AvgIpc) is 2.92. The summed E-state index contributed by atoms with van der Waals surface area (Å²) in [5.41, 5.74) is 11.1. The molecule has 152 valence electrons. The zero-order valence-corrected chi connectivity index (χ0v) is 17.3. The molecule has 1 aliphatic rings. The molecule has 7 heteroatoms. The Kier molecular flexibility index (Phi) is 6.70. The Morgan fingerprint density at radius 2 is 1.14 bits per heavy atom. The molecule has 2 nitrogen and oxygen atoms in total. The van der Waals surface area contributed by atoms with E-state index in [-0.39, 0.29) is 0 Å². The molecule has 1 heterocycles. The van der Waals surface area contributed by atoms with E-state index in [2.05, 4.69) is 76.7 Å². The number of halogens is 4. The Balaban J connectivity index is 0.000000500. The topological polar surface area (TPSA) is 7.45 Å². The summed E-state index contributed by atoms with van der Waals surface area (Å²) in [5.74, 6) is 0. The van der Waals surface area contributed by atoms with Gasteiger partial charge in [0, 0.05) is 22.3 Å². The van der Waals surface area contributed by atoms with Gasteiger partial charge in [0.25, 0.3) is 0 Å². The van der Waals surface area contributed by atoms with E-state index in [9.17, 15) is 17.3 Å². The number of nitrogens with zero attached hydrogens (tertiary/aromatic N) is 1. The number of benzene rings is 2. The molecule has 0 aromatic heterocycles. The standard InChI is InChI=1S/C21H27N2.BF4/c1-14-9-16(3)20(17(4)10-14)22-7-8-23(13-22)21-18(5)11-15(2)12-19(21)6;2-1(3,4)5/h9-13H,7-8H2,1-6H3;/q+1;-1/p+1. The summed E-state index contributed by atoms with van der Waals surface area (Å²) in [4.78, 5) is 1.47. The van der Waals surface area contributed by atoms with Gasteiger partial charge in [0.2, 0.25) is 12.2 Å². The van der Waals surface area contributed by atoms with E-state index in [0.717, 1.165) is 13.1 Å². The van der Waals surface area contributed by atoms with Crippen molar-refractivity contribution >= 4 is 25.0 Å². The van der Waals surface area contributed by atoms with Crippen LogP contribution in [0.15, 0.2) is 24.3 Å². The van der Waals surface area contributed by atoms with Crippen LogP contribution in [0.25, 0.3) is 0 Å². The van der Waals surface area contributed by atoms with Crippen LogP contribution in [0.2, 0.25) is 0 Å². The van der Waals surface area contributed by atoms with Gasteiger partial charge in [-0.25, -0.2) is 4.90 Å². The minimum absolute atomic E-state index is 1.08. The maximum atomic E-state index is 9.75. The second-order valence-corrected chi connectivity index (χ2v) is 7.61. The van der Waals surface area contributed by atoms with E-state index in [1.54, 1.807) is 0 Å². The van der Waals surface area contributed by atoms with Gasteiger partial charge in [0.15, 0.2) is 6.54 Å². The Bertz CT molecular complexity index is 852. The van der Waals surface area contributed by atoms with E-state index in [1.165, 1.54) is 49.7 Å². The first kappa shape index (κ1) is 22.1. The maximum absolute atomic E-state index is 9.75. The summed E-state index contributed by atoms with van der Waals surface area (Å²) >= 11 is 0. The van der Waals surface area contributed by atoms with Crippen molar-refractivity contribution in [1.29, 1.82) is 0 Å². The van der Waals surface area contributed by atoms with Crippen molar-refractivity contribution in [1.82, 2.24) is 0 Å². The molecule has 2 aromatic rings. The highest BCUT2D eigenvalue weighted by atomic mass is 19.5. The molecule has 1 aliphatic heterocycles. The van der Waals surface area contributed by atoms with E-state index in [1.807, 2.05) is 0 Å². The van der Waals surface area contributed by atoms with Crippen LogP contribution in [0.1, 0.15) is 33.4 Å². The van der Waals surface area contributed by atoms with Crippen LogP contribution in [-0.2, 0) is 0 Å². The first-order valence-corrected chi connectivity index (χ1v) is 9.37. The first-order chi connectivity index (χ1) is 12.9. The molecule has 0 saturated heterocycles. The van der Waals surface area contributed by atoms with Gasteiger partial charge >= 0.3 is 13.6 Å². The highest BCUT2D eigenvalue weighted by Crippen LogP contribution is 2.25. The van der Waals surface area contributed by atoms with Crippen LogP contribution in [0.3, 0.4) is 0 Å². The molecule has 0 fully saturated rings. The van der Waals surface area contributed by atoms with Gasteiger partial charge in [-0.1, -0.05) is 23.3 Å². The SMILES string of the molecule is Cc1cc(C)c([N+]2=C[NH+](c3c(C)cc(C)cc3C)CC2)c(C)c1.F[B-](F)(F)F. The molecule has 1 atom stereocenters. The summed E-state index contributed by atoms with van der Waals surface area (Å²) in [6.45, 7) is 15.5. The quantitative estimate of drug-likeness (QED) is 0.427. The first-order valence-electron chi connectivity index (χ1n) is 9.37. The Morgan fingerprint density at radius 1 is 0.750 bits per heavy atom. The van der Waals surface area contributed by atoms with Gasteiger partial charge in [-0.3, -0.25) is 0 Å². The van der Waals surface area contributed by atoms with E-state index in [0.29, 0.717) is 0 Å². The fourth-order valence-corrected chi connectivity index (χ4v) is 4.24. The molecule has 0 spiro atoms. The number of hydrogen-bond acceptors (Lipinski definition) is 0. The molecule has 0 amide bonds. The number of rotatable bonds is 2. The Morgan fingerprint density at radius 3 is 1.57 bits per heavy atom. The molecule has 0 radical (unpaired) electrons. The number of nitrogens with one attached hydrogen (secondary N) is 1. The zero-order valence-electron chi connectivity index (χ0n) is 17.3. The third-order valence-electron chi connectivity index (χ3n) is 4.85. The van der Waals surface area contributed by atoms with Crippen LogP contribution in [0.4, 0.5) is 28.6 Å². The molecular formula is C21H28BF4N2+. The fourth-order valence-electron chi connectivity index (χ4n) is 4.24. The lowest BCUT2D eigenvalue weighted by molar-refractivity contribution is -0.717. The predicted molar refractivity (Wildman–Crippen MR) is 108 cm³/mol. The van der Waals surface area contributed by atoms with E-state index in [4.69, 9.17) is 0 Å². The molecule has 1 N–H and O–H groups in total. The largest absolute Gasteiger partial charge is 0.673 e. The summed E-state index contributed by atoms with van der Waals surface area (Å²) in [7, 11) is -6.00. The lowest BCUT2D eigenvalue weighted by Gasteiger charge is -2.12. The van der Waals surface area contributed by atoms with Crippen LogP contribution >= 0.6 is 0 Å². The molecule has 0 saturated carbocycles. The zero-order chi connectivity index (χ0) is 21.2. The summed E-state index contributed by atoms with van der Waals surface area (Å²) in [6.07, 6.45) is 2.37. The smallest absolute Gasteiger partial charge is 0.418 e. The van der Waals surface area contributed by atoms with Gasteiger partial charge in [-0.2, -0.15) is 0 Å². The van der Waals surface area contributed by atoms with Crippen molar-refractivity contribution in [2.45, 2.75) is 41.5 Å². The minimum atomic E-state index is -6.00. The Hall–Kier alpha value is -2.15. The molecule has 0 bridgehead atoms. The van der Waals surface area contributed by atoms with Crippen LogP contribution in [-0.4, -0.2) is 31.3 Å². The molecule has 2 aromatic carbocycles. The number of quaternary nitrogens is 1. The van der Waals surface area contributed by atoms with Gasteiger partial charge in [0.05, 0.1) is 0 Å². The van der Waals surface area contributed by atoms with Gasteiger partial charge < -0.3 is 17.3 Å². The third-order valence-corrected chi connectivity index (χ3v) is 4.85. The third kappa shape index (κ3) is 5.68. The molecular weight excluding hydrogens is 367 g/mol. The number of aryl methyl sites for hydroxylation is 6. The van der Waals surface area contributed by atoms with Crippen LogP contribution in [0.5, 0.6) is 0 Å². The van der Waals surface area contributed by atoms with Gasteiger partial charge in [-0.05, 0) is 53.7 Å². The predicted octanol–water partition coefficient (Wildman–Crippen LogP) is 4.74. The summed E-state index contributed by atoms with van der Waals surface area (Å²) in [6, 6.07) is 9.18. The van der Waals surface area contributed by atoms with Crippen LogP contribution < -0.4 is 4.90 Å². The molecule has 0 aliphatic carbocycles. The normalized spacial score (nSPS) is 16.5. The number of hydrogen-bond donors (Lipinski definition) is 1. The van der Waals surface area contributed by atoms with Crippen molar-refractivity contribution in [2.75, 3.05) is 13.1 Å². The molecule has 1 unspecified atom stereocenters. The molecule has 28 heavy (non-hydrogen) atoms. The summed E-state index contributed by atoms with van der Waals surface area (Å²) in [5, 5.41) is 0. The minimum Gasteiger partial charge on any atom is -0.418 e. The average molecular weight is 395 g/mol. The van der Waals surface area contributed by atoms with Crippen molar-refractivity contribution in [3.8, 4) is 0 Å². The summed E-state index contributed by atoms with van der Waals surface area (Å²) < 4.78 is 41.4. The van der Waals surface area contributed by atoms with E-state index >= 15 is 0 Å². The van der Waals surface area contributed by atoms with E-state index < -0.39 is 7.25 Å². The highest BCUT2D eigenvalue weighted by Gasteiger charge is 2.31. The fraction of sp³-hybridized carbons (Fsp3) is 0.381. The monoisotopic (exact) mass is 395 g/mol. The van der Waals surface area contributed by atoms with Crippen molar-refractivity contribution in [2.24, 2.45) is 0 Å². The van der Waals surface area contributed by atoms with Crippen molar-refractivity contribution in [3.63, 3.8) is 0 Å². The van der Waals surface area contributed by atoms with Crippen molar-refractivity contribution in [3.05, 3.63) is 57.6 Å². The molecule has 3 rings (SSSR count). The second-order valence-electron chi connectivity index (χ2n) is 7.61. The maximum Gasteiger partial charge on any atom is 0.673 e. The Labute approximate surface area is 164 Å². The van der Waals surface area contributed by atoms with Crippen LogP contribution in [0, 0.1) is 41.5 Å².